The monoisotopic (exact) mass is 331 g/mol. The van der Waals surface area contributed by atoms with Gasteiger partial charge in [0.1, 0.15) is 0 Å². The van der Waals surface area contributed by atoms with Crippen LogP contribution in [0.25, 0.3) is 0 Å². The summed E-state index contributed by atoms with van der Waals surface area (Å²) < 4.78 is 26.7. The van der Waals surface area contributed by atoms with E-state index in [2.05, 4.69) is 10.3 Å². The average Bonchev–Trinajstić information content (AvgIpc) is 2.55. The number of hydrogen-bond donors (Lipinski definition) is 1. The Morgan fingerprint density at radius 3 is 2.65 bits per heavy atom. The molecule has 2 aromatic rings. The summed E-state index contributed by atoms with van der Waals surface area (Å²) in [5, 5.41) is 2.75. The average molecular weight is 331 g/mol. The van der Waals surface area contributed by atoms with E-state index >= 15 is 0 Å². The molecule has 1 amide bonds. The van der Waals surface area contributed by atoms with Crippen LogP contribution in [0.5, 0.6) is 0 Å². The second kappa shape index (κ2) is 6.10. The molecule has 23 heavy (non-hydrogen) atoms. The number of benzene rings is 1. The molecule has 0 aliphatic carbocycles. The summed E-state index contributed by atoms with van der Waals surface area (Å²) in [4.78, 5) is 15.5. The number of carbonyl (C=O) groups excluding carboxylic acids is 1. The molecule has 7 heteroatoms. The minimum atomic E-state index is -3.58. The topological polar surface area (TPSA) is 79.4 Å². The fourth-order valence-electron chi connectivity index (χ4n) is 2.53. The predicted octanol–water partition coefficient (Wildman–Crippen LogP) is 1.79. The van der Waals surface area contributed by atoms with Crippen LogP contribution in [-0.2, 0) is 27.8 Å². The van der Waals surface area contributed by atoms with Crippen LogP contribution in [0.2, 0.25) is 0 Å². The second-order valence-corrected chi connectivity index (χ2v) is 7.53. The molecule has 0 unspecified atom stereocenters. The molecule has 3 rings (SSSR count). The first kappa shape index (κ1) is 15.6. The van der Waals surface area contributed by atoms with Gasteiger partial charge >= 0.3 is 0 Å². The number of aryl methyl sites for hydroxylation is 1. The standard InChI is InChI=1S/C16H17N3O3S/c1-19(11-12-6-8-17-9-7-12)23(21,22)14-3-4-15-13(10-14)2-5-16(20)18-15/h3-4,6-10H,2,5,11H2,1H3,(H,18,20). The lowest BCUT2D eigenvalue weighted by Crippen LogP contribution is -2.27. The third-order valence-corrected chi connectivity index (χ3v) is 5.63. The van der Waals surface area contributed by atoms with Crippen LogP contribution in [0.4, 0.5) is 5.69 Å². The first-order valence-corrected chi connectivity index (χ1v) is 8.69. The normalized spacial score (nSPS) is 14.4. The third kappa shape index (κ3) is 3.25. The highest BCUT2D eigenvalue weighted by Crippen LogP contribution is 2.27. The molecule has 0 saturated carbocycles. The lowest BCUT2D eigenvalue weighted by atomic mass is 10.0. The highest BCUT2D eigenvalue weighted by Gasteiger charge is 2.23. The number of hydrogen-bond acceptors (Lipinski definition) is 4. The number of carbonyl (C=O) groups is 1. The Labute approximate surface area is 135 Å². The van der Waals surface area contributed by atoms with E-state index in [1.54, 1.807) is 43.7 Å². The van der Waals surface area contributed by atoms with Crippen molar-refractivity contribution in [3.8, 4) is 0 Å². The number of rotatable bonds is 4. The molecule has 6 nitrogen and oxygen atoms in total. The van der Waals surface area contributed by atoms with E-state index in [0.29, 0.717) is 18.5 Å². The summed E-state index contributed by atoms with van der Waals surface area (Å²) in [5.74, 6) is -0.0390. The van der Waals surface area contributed by atoms with E-state index < -0.39 is 10.0 Å². The van der Waals surface area contributed by atoms with Gasteiger partial charge in [0.25, 0.3) is 0 Å². The van der Waals surface area contributed by atoms with Crippen LogP contribution in [0.15, 0.2) is 47.6 Å². The fourth-order valence-corrected chi connectivity index (χ4v) is 3.74. The molecule has 0 spiro atoms. The predicted molar refractivity (Wildman–Crippen MR) is 86.3 cm³/mol. The molecule has 120 valence electrons. The van der Waals surface area contributed by atoms with Crippen LogP contribution in [0, 0.1) is 0 Å². The molecule has 2 heterocycles. The van der Waals surface area contributed by atoms with Crippen molar-refractivity contribution in [2.45, 2.75) is 24.3 Å². The Morgan fingerprint density at radius 1 is 1.17 bits per heavy atom. The summed E-state index contributed by atoms with van der Waals surface area (Å²) in [7, 11) is -2.03. The zero-order chi connectivity index (χ0) is 16.4. The highest BCUT2D eigenvalue weighted by molar-refractivity contribution is 7.89. The molecule has 1 aromatic carbocycles. The minimum absolute atomic E-state index is 0.0390. The number of amides is 1. The first-order valence-electron chi connectivity index (χ1n) is 7.25. The molecule has 1 aromatic heterocycles. The number of nitrogens with zero attached hydrogens (tertiary/aromatic N) is 2. The van der Waals surface area contributed by atoms with Gasteiger partial charge in [-0.05, 0) is 47.9 Å². The smallest absolute Gasteiger partial charge is 0.243 e. The number of aromatic nitrogens is 1. The Kier molecular flexibility index (Phi) is 4.14. The van der Waals surface area contributed by atoms with E-state index in [1.165, 1.54) is 10.4 Å². The Hall–Kier alpha value is -2.25. The van der Waals surface area contributed by atoms with Crippen molar-refractivity contribution in [3.63, 3.8) is 0 Å². The maximum absolute atomic E-state index is 12.7. The number of anilines is 1. The Morgan fingerprint density at radius 2 is 1.91 bits per heavy atom. The van der Waals surface area contributed by atoms with Crippen molar-refractivity contribution in [2.24, 2.45) is 0 Å². The van der Waals surface area contributed by atoms with Crippen molar-refractivity contribution >= 4 is 21.6 Å². The molecule has 1 aliphatic heterocycles. The molecular formula is C16H17N3O3S. The maximum Gasteiger partial charge on any atom is 0.243 e. The quantitative estimate of drug-likeness (QED) is 0.926. The number of nitrogens with one attached hydrogen (secondary N) is 1. The lowest BCUT2D eigenvalue weighted by Gasteiger charge is -2.20. The maximum atomic E-state index is 12.7. The Balaban J connectivity index is 1.86. The van der Waals surface area contributed by atoms with E-state index in [0.717, 1.165) is 11.1 Å². The van der Waals surface area contributed by atoms with E-state index in [9.17, 15) is 13.2 Å². The van der Waals surface area contributed by atoms with Gasteiger partial charge in [0.05, 0.1) is 4.90 Å². The summed E-state index contributed by atoms with van der Waals surface area (Å²) in [6.07, 6.45) is 4.21. The van der Waals surface area contributed by atoms with Crippen LogP contribution in [0.1, 0.15) is 17.5 Å². The summed E-state index contributed by atoms with van der Waals surface area (Å²) in [6, 6.07) is 8.40. The molecular weight excluding hydrogens is 314 g/mol. The van der Waals surface area contributed by atoms with Gasteiger partial charge in [-0.15, -0.1) is 0 Å². The van der Waals surface area contributed by atoms with Gasteiger partial charge in [0.2, 0.25) is 15.9 Å². The van der Waals surface area contributed by atoms with Gasteiger partial charge in [-0.2, -0.15) is 4.31 Å². The van der Waals surface area contributed by atoms with Crippen LogP contribution in [0.3, 0.4) is 0 Å². The van der Waals surface area contributed by atoms with E-state index in [1.807, 2.05) is 0 Å². The van der Waals surface area contributed by atoms with Crippen molar-refractivity contribution in [1.29, 1.82) is 0 Å². The first-order chi connectivity index (χ1) is 11.0. The fraction of sp³-hybridized carbons (Fsp3) is 0.250. The lowest BCUT2D eigenvalue weighted by molar-refractivity contribution is -0.116. The van der Waals surface area contributed by atoms with E-state index in [-0.39, 0.29) is 17.3 Å². The molecule has 1 aliphatic rings. The van der Waals surface area contributed by atoms with Gasteiger partial charge in [-0.25, -0.2) is 8.42 Å². The largest absolute Gasteiger partial charge is 0.326 e. The zero-order valence-corrected chi connectivity index (χ0v) is 13.5. The van der Waals surface area contributed by atoms with Crippen molar-refractivity contribution in [2.75, 3.05) is 12.4 Å². The minimum Gasteiger partial charge on any atom is -0.326 e. The van der Waals surface area contributed by atoms with Gasteiger partial charge in [0, 0.05) is 38.1 Å². The molecule has 0 radical (unpaired) electrons. The zero-order valence-electron chi connectivity index (χ0n) is 12.7. The van der Waals surface area contributed by atoms with Gasteiger partial charge in [0.15, 0.2) is 0 Å². The van der Waals surface area contributed by atoms with Crippen LogP contribution < -0.4 is 5.32 Å². The number of fused-ring (bicyclic) bond motifs is 1. The molecule has 0 fully saturated rings. The highest BCUT2D eigenvalue weighted by atomic mass is 32.2. The van der Waals surface area contributed by atoms with Crippen LogP contribution in [-0.4, -0.2) is 30.7 Å². The van der Waals surface area contributed by atoms with Crippen molar-refractivity contribution in [3.05, 3.63) is 53.9 Å². The van der Waals surface area contributed by atoms with Crippen molar-refractivity contribution in [1.82, 2.24) is 9.29 Å². The molecule has 0 saturated heterocycles. The van der Waals surface area contributed by atoms with Crippen molar-refractivity contribution < 1.29 is 13.2 Å². The molecule has 0 bridgehead atoms. The number of sulfonamides is 1. The van der Waals surface area contributed by atoms with E-state index in [4.69, 9.17) is 0 Å². The number of pyridine rings is 1. The molecule has 1 N–H and O–H groups in total. The van der Waals surface area contributed by atoms with Gasteiger partial charge < -0.3 is 5.32 Å². The molecule has 0 atom stereocenters. The SMILES string of the molecule is CN(Cc1ccncc1)S(=O)(=O)c1ccc2c(c1)CCC(=O)N2. The van der Waals surface area contributed by atoms with Crippen LogP contribution >= 0.6 is 0 Å². The summed E-state index contributed by atoms with van der Waals surface area (Å²) in [6.45, 7) is 0.276. The second-order valence-electron chi connectivity index (χ2n) is 5.48. The third-order valence-electron chi connectivity index (χ3n) is 3.83. The summed E-state index contributed by atoms with van der Waals surface area (Å²) >= 11 is 0. The van der Waals surface area contributed by atoms with Gasteiger partial charge in [-0.3, -0.25) is 9.78 Å². The summed E-state index contributed by atoms with van der Waals surface area (Å²) in [5.41, 5.74) is 2.41. The Bertz CT molecular complexity index is 835. The van der Waals surface area contributed by atoms with Gasteiger partial charge in [-0.1, -0.05) is 0 Å².